The lowest BCUT2D eigenvalue weighted by atomic mass is 10.2. The first-order valence-electron chi connectivity index (χ1n) is 5.99. The minimum Gasteiger partial charge on any atom is -0.302 e. The van der Waals surface area contributed by atoms with E-state index in [9.17, 15) is 9.18 Å². The fourth-order valence-electron chi connectivity index (χ4n) is 1.73. The first-order chi connectivity index (χ1) is 9.15. The third-order valence-electron chi connectivity index (χ3n) is 2.77. The van der Waals surface area contributed by atoms with Crippen LogP contribution in [0.2, 0.25) is 0 Å². The van der Waals surface area contributed by atoms with Crippen LogP contribution in [0.3, 0.4) is 0 Å². The Labute approximate surface area is 115 Å². The molecular formula is C14H15FN2OS. The van der Waals surface area contributed by atoms with Gasteiger partial charge >= 0.3 is 0 Å². The average Bonchev–Trinajstić information content (AvgIpc) is 2.89. The van der Waals surface area contributed by atoms with Crippen LogP contribution >= 0.6 is 11.3 Å². The van der Waals surface area contributed by atoms with Gasteiger partial charge in [0, 0.05) is 19.5 Å². The first-order valence-corrected chi connectivity index (χ1v) is 6.94. The highest BCUT2D eigenvalue weighted by molar-refractivity contribution is 7.07. The van der Waals surface area contributed by atoms with Crippen molar-refractivity contribution < 1.29 is 9.18 Å². The topological polar surface area (TPSA) is 33.2 Å². The summed E-state index contributed by atoms with van der Waals surface area (Å²) in [6.45, 7) is 1.49. The number of ketones is 1. The molecule has 2 aromatic rings. The van der Waals surface area contributed by atoms with E-state index in [0.717, 1.165) is 12.7 Å². The minimum absolute atomic E-state index is 0.0582. The number of Topliss-reactive ketones (excluding diaryl/α,β-unsaturated/α-hetero) is 1. The highest BCUT2D eigenvalue weighted by Gasteiger charge is 2.09. The second-order valence-corrected chi connectivity index (χ2v) is 5.18. The number of carbonyl (C=O) groups excluding carboxylic acids is 1. The number of hydrogen-bond donors (Lipinski definition) is 0. The predicted molar refractivity (Wildman–Crippen MR) is 73.8 cm³/mol. The zero-order valence-electron chi connectivity index (χ0n) is 10.7. The highest BCUT2D eigenvalue weighted by atomic mass is 32.1. The third kappa shape index (κ3) is 4.22. The van der Waals surface area contributed by atoms with E-state index in [4.69, 9.17) is 0 Å². The molecule has 0 saturated heterocycles. The third-order valence-corrected chi connectivity index (χ3v) is 3.50. The Hall–Kier alpha value is -1.59. The molecule has 0 atom stereocenters. The van der Waals surface area contributed by atoms with Gasteiger partial charge in [-0.05, 0) is 41.6 Å². The van der Waals surface area contributed by atoms with E-state index in [-0.39, 0.29) is 5.78 Å². The summed E-state index contributed by atoms with van der Waals surface area (Å²) in [4.78, 5) is 17.7. The van der Waals surface area contributed by atoms with Crippen molar-refractivity contribution in [2.24, 2.45) is 0 Å². The largest absolute Gasteiger partial charge is 0.302 e. The van der Waals surface area contributed by atoms with Gasteiger partial charge in [-0.15, -0.1) is 0 Å². The Kier molecular flexibility index (Phi) is 4.76. The first kappa shape index (κ1) is 13.8. The summed E-state index contributed by atoms with van der Waals surface area (Å²) >= 11 is 1.67. The summed E-state index contributed by atoms with van der Waals surface area (Å²) < 4.78 is 12.7. The molecule has 3 nitrogen and oxygen atoms in total. The van der Waals surface area contributed by atoms with Crippen molar-refractivity contribution in [2.75, 3.05) is 13.6 Å². The molecule has 0 aliphatic carbocycles. The number of rotatable bonds is 6. The van der Waals surface area contributed by atoms with Crippen molar-refractivity contribution in [1.82, 2.24) is 9.88 Å². The Morgan fingerprint density at radius 2 is 2.26 bits per heavy atom. The summed E-state index contributed by atoms with van der Waals surface area (Å²) in [5.41, 5.74) is 1.57. The van der Waals surface area contributed by atoms with Crippen LogP contribution in [0.4, 0.5) is 4.39 Å². The fraction of sp³-hybridized carbons (Fsp3) is 0.286. The maximum absolute atomic E-state index is 12.7. The summed E-state index contributed by atoms with van der Waals surface area (Å²) in [7, 11) is 1.98. The molecule has 5 heteroatoms. The van der Waals surface area contributed by atoms with Crippen molar-refractivity contribution in [1.29, 1.82) is 0 Å². The molecule has 0 fully saturated rings. The molecule has 0 aliphatic heterocycles. The molecule has 0 aliphatic rings. The smallest absolute Gasteiger partial charge is 0.182 e. The Morgan fingerprint density at radius 3 is 2.89 bits per heavy atom. The van der Waals surface area contributed by atoms with Crippen LogP contribution in [0, 0.1) is 5.82 Å². The van der Waals surface area contributed by atoms with Gasteiger partial charge in [0.1, 0.15) is 11.5 Å². The van der Waals surface area contributed by atoms with E-state index in [1.54, 1.807) is 11.3 Å². The van der Waals surface area contributed by atoms with Crippen molar-refractivity contribution in [2.45, 2.75) is 13.0 Å². The maximum Gasteiger partial charge on any atom is 0.182 e. The second kappa shape index (κ2) is 6.54. The van der Waals surface area contributed by atoms with Crippen molar-refractivity contribution >= 4 is 17.1 Å². The molecule has 0 aromatic carbocycles. The highest BCUT2D eigenvalue weighted by Crippen LogP contribution is 2.09. The standard InChI is InChI=1S/C14H15FN2OS/c1-17(9-11-5-7-19-10-11)6-4-14(18)13-3-2-12(15)8-16-13/h2-3,5,7-8,10H,4,6,9H2,1H3. The second-order valence-electron chi connectivity index (χ2n) is 4.40. The number of thiophene rings is 1. The van der Waals surface area contributed by atoms with Crippen molar-refractivity contribution in [3.05, 3.63) is 52.2 Å². The van der Waals surface area contributed by atoms with Crippen LogP contribution in [0.5, 0.6) is 0 Å². The van der Waals surface area contributed by atoms with E-state index in [2.05, 4.69) is 21.3 Å². The quantitative estimate of drug-likeness (QED) is 0.762. The Bertz CT molecular complexity index is 525. The molecule has 19 heavy (non-hydrogen) atoms. The van der Waals surface area contributed by atoms with Gasteiger partial charge in [-0.1, -0.05) is 0 Å². The summed E-state index contributed by atoms with van der Waals surface area (Å²) in [5, 5.41) is 4.14. The minimum atomic E-state index is -0.425. The molecule has 100 valence electrons. The molecule has 0 N–H and O–H groups in total. The van der Waals surface area contributed by atoms with Crippen LogP contribution in [-0.2, 0) is 6.54 Å². The van der Waals surface area contributed by atoms with Gasteiger partial charge in [0.05, 0.1) is 6.20 Å². The Morgan fingerprint density at radius 1 is 1.42 bits per heavy atom. The summed E-state index contributed by atoms with van der Waals surface area (Å²) in [5.74, 6) is -0.483. The van der Waals surface area contributed by atoms with Gasteiger partial charge in [0.2, 0.25) is 0 Å². The molecule has 0 amide bonds. The average molecular weight is 278 g/mol. The van der Waals surface area contributed by atoms with Crippen LogP contribution in [0.25, 0.3) is 0 Å². The van der Waals surface area contributed by atoms with Gasteiger partial charge < -0.3 is 4.90 Å². The molecular weight excluding hydrogens is 263 g/mol. The normalized spacial score (nSPS) is 10.9. The zero-order valence-corrected chi connectivity index (χ0v) is 11.5. The monoisotopic (exact) mass is 278 g/mol. The van der Waals surface area contributed by atoms with E-state index in [1.807, 2.05) is 12.4 Å². The number of halogens is 1. The zero-order chi connectivity index (χ0) is 13.7. The Balaban J connectivity index is 1.81. The molecule has 0 radical (unpaired) electrons. The number of nitrogens with zero attached hydrogens (tertiary/aromatic N) is 2. The SMILES string of the molecule is CN(CCC(=O)c1ccc(F)cn1)Cc1ccsc1. The van der Waals surface area contributed by atoms with Gasteiger partial charge in [-0.3, -0.25) is 9.78 Å². The molecule has 2 rings (SSSR count). The molecule has 2 heterocycles. The molecule has 0 saturated carbocycles. The van der Waals surface area contributed by atoms with Gasteiger partial charge in [-0.25, -0.2) is 4.39 Å². The van der Waals surface area contributed by atoms with E-state index in [1.165, 1.54) is 17.7 Å². The number of carbonyl (C=O) groups is 1. The van der Waals surface area contributed by atoms with Crippen LogP contribution in [0.15, 0.2) is 35.2 Å². The van der Waals surface area contributed by atoms with Gasteiger partial charge in [0.25, 0.3) is 0 Å². The van der Waals surface area contributed by atoms with E-state index < -0.39 is 5.82 Å². The number of pyridine rings is 1. The van der Waals surface area contributed by atoms with Crippen LogP contribution < -0.4 is 0 Å². The number of aromatic nitrogens is 1. The lowest BCUT2D eigenvalue weighted by Gasteiger charge is -2.14. The van der Waals surface area contributed by atoms with E-state index >= 15 is 0 Å². The van der Waals surface area contributed by atoms with Gasteiger partial charge in [-0.2, -0.15) is 11.3 Å². The summed E-state index contributed by atoms with van der Waals surface area (Å²) in [6.07, 6.45) is 1.46. The lowest BCUT2D eigenvalue weighted by Crippen LogP contribution is -2.21. The molecule has 0 spiro atoms. The van der Waals surface area contributed by atoms with Crippen LogP contribution in [0.1, 0.15) is 22.5 Å². The molecule has 0 unspecified atom stereocenters. The fourth-order valence-corrected chi connectivity index (χ4v) is 2.39. The van der Waals surface area contributed by atoms with Crippen LogP contribution in [-0.4, -0.2) is 29.3 Å². The van der Waals surface area contributed by atoms with E-state index in [0.29, 0.717) is 18.7 Å². The number of hydrogen-bond acceptors (Lipinski definition) is 4. The predicted octanol–water partition coefficient (Wildman–Crippen LogP) is 2.99. The lowest BCUT2D eigenvalue weighted by molar-refractivity contribution is 0.0963. The van der Waals surface area contributed by atoms with Crippen molar-refractivity contribution in [3.63, 3.8) is 0 Å². The van der Waals surface area contributed by atoms with Crippen molar-refractivity contribution in [3.8, 4) is 0 Å². The maximum atomic E-state index is 12.7. The van der Waals surface area contributed by atoms with Gasteiger partial charge in [0.15, 0.2) is 5.78 Å². The molecule has 0 bridgehead atoms. The molecule has 2 aromatic heterocycles. The summed E-state index contributed by atoms with van der Waals surface area (Å²) in [6, 6.07) is 4.76.